The van der Waals surface area contributed by atoms with E-state index in [4.69, 9.17) is 4.74 Å². The molecule has 0 radical (unpaired) electrons. The number of nitrogens with one attached hydrogen (secondary N) is 2. The summed E-state index contributed by atoms with van der Waals surface area (Å²) in [4.78, 5) is 44.9. The fourth-order valence-corrected chi connectivity index (χ4v) is 4.11. The van der Waals surface area contributed by atoms with Gasteiger partial charge in [-0.15, -0.1) is 11.3 Å². The summed E-state index contributed by atoms with van der Waals surface area (Å²) in [5.74, 6) is 0.528. The van der Waals surface area contributed by atoms with E-state index < -0.39 is 5.69 Å². The number of fused-ring (bicyclic) bond motifs is 1. The van der Waals surface area contributed by atoms with Crippen molar-refractivity contribution in [3.63, 3.8) is 0 Å². The van der Waals surface area contributed by atoms with Crippen LogP contribution in [0.1, 0.15) is 36.9 Å². The average molecular weight is 389 g/mol. The number of hydrogen-bond acceptors (Lipinski definition) is 5. The second kappa shape index (κ2) is 7.56. The molecule has 0 saturated carbocycles. The molecule has 0 saturated heterocycles. The molecule has 0 amide bonds. The molecule has 0 atom stereocenters. The largest absolute Gasteiger partial charge is 0.488 e. The van der Waals surface area contributed by atoms with Crippen molar-refractivity contribution in [1.82, 2.24) is 14.5 Å². The molecule has 0 aromatic carbocycles. The number of nitrogens with zero attached hydrogens (tertiary/aromatic N) is 1. The monoisotopic (exact) mass is 389 g/mol. The van der Waals surface area contributed by atoms with Gasteiger partial charge in [-0.3, -0.25) is 19.1 Å². The van der Waals surface area contributed by atoms with Crippen LogP contribution in [0.15, 0.2) is 26.6 Å². The Hall–Kier alpha value is -2.61. The van der Waals surface area contributed by atoms with Crippen molar-refractivity contribution in [3.05, 3.63) is 59.5 Å². The highest BCUT2D eigenvalue weighted by Crippen LogP contribution is 2.26. The highest BCUT2D eigenvalue weighted by atomic mass is 32.1. The quantitative estimate of drug-likeness (QED) is 0.676. The first-order chi connectivity index (χ1) is 12.8. The van der Waals surface area contributed by atoms with Crippen molar-refractivity contribution in [1.29, 1.82) is 0 Å². The third-order valence-corrected chi connectivity index (χ3v) is 5.39. The van der Waals surface area contributed by atoms with E-state index in [1.54, 1.807) is 0 Å². The Morgan fingerprint density at radius 1 is 1.26 bits per heavy atom. The Morgan fingerprint density at radius 3 is 2.63 bits per heavy atom. The lowest BCUT2D eigenvalue weighted by molar-refractivity contribution is 0.267. The van der Waals surface area contributed by atoms with Crippen molar-refractivity contribution in [2.24, 2.45) is 5.92 Å². The first-order valence-corrected chi connectivity index (χ1v) is 9.73. The zero-order valence-corrected chi connectivity index (χ0v) is 16.7. The SMILES string of the molecule is CCc1c(C)sc2[nH]c(=O)n(Cc3cc(=O)c(OCC(C)C)c[nH]3)c(=O)c12. The molecule has 2 N–H and O–H groups in total. The molecule has 0 aliphatic rings. The maximum absolute atomic E-state index is 12.9. The third-order valence-electron chi connectivity index (χ3n) is 4.32. The zero-order chi connectivity index (χ0) is 19.7. The maximum Gasteiger partial charge on any atom is 0.329 e. The lowest BCUT2D eigenvalue weighted by atomic mass is 10.1. The highest BCUT2D eigenvalue weighted by Gasteiger charge is 2.16. The first kappa shape index (κ1) is 19.2. The molecule has 0 aliphatic heterocycles. The summed E-state index contributed by atoms with van der Waals surface area (Å²) in [6.07, 6.45) is 2.19. The molecule has 0 bridgehead atoms. The molecule has 7 nitrogen and oxygen atoms in total. The number of aromatic amines is 2. The molecule has 3 aromatic heterocycles. The lowest BCUT2D eigenvalue weighted by Crippen LogP contribution is -2.35. The third kappa shape index (κ3) is 3.75. The Labute approximate surface area is 159 Å². The van der Waals surface area contributed by atoms with Gasteiger partial charge in [0.15, 0.2) is 5.75 Å². The van der Waals surface area contributed by atoms with Crippen LogP contribution in [0.5, 0.6) is 5.75 Å². The summed E-state index contributed by atoms with van der Waals surface area (Å²) in [6, 6.07) is 1.37. The van der Waals surface area contributed by atoms with Gasteiger partial charge in [0.05, 0.1) is 18.5 Å². The van der Waals surface area contributed by atoms with Gasteiger partial charge >= 0.3 is 5.69 Å². The molecule has 27 heavy (non-hydrogen) atoms. The molecule has 0 spiro atoms. The maximum atomic E-state index is 12.9. The minimum absolute atomic E-state index is 0.0120. The van der Waals surface area contributed by atoms with Crippen molar-refractivity contribution in [2.75, 3.05) is 6.61 Å². The van der Waals surface area contributed by atoms with Crippen LogP contribution >= 0.6 is 11.3 Å². The second-order valence-electron chi connectivity index (χ2n) is 6.91. The number of pyridine rings is 1. The van der Waals surface area contributed by atoms with Crippen LogP contribution < -0.4 is 21.4 Å². The van der Waals surface area contributed by atoms with Gasteiger partial charge in [0.25, 0.3) is 5.56 Å². The first-order valence-electron chi connectivity index (χ1n) is 8.91. The van der Waals surface area contributed by atoms with Crippen LogP contribution in [-0.4, -0.2) is 21.1 Å². The molecule has 144 valence electrons. The van der Waals surface area contributed by atoms with Gasteiger partial charge in [-0.2, -0.15) is 0 Å². The zero-order valence-electron chi connectivity index (χ0n) is 15.8. The normalized spacial score (nSPS) is 11.4. The van der Waals surface area contributed by atoms with Crippen molar-refractivity contribution in [2.45, 2.75) is 40.7 Å². The topological polar surface area (TPSA) is 96.9 Å². The van der Waals surface area contributed by atoms with E-state index in [1.807, 2.05) is 27.7 Å². The molecule has 0 unspecified atom stereocenters. The predicted octanol–water partition coefficient (Wildman–Crippen LogP) is 2.39. The molecular weight excluding hydrogens is 366 g/mol. The van der Waals surface area contributed by atoms with Crippen LogP contribution in [0.4, 0.5) is 0 Å². The van der Waals surface area contributed by atoms with E-state index >= 15 is 0 Å². The van der Waals surface area contributed by atoms with E-state index in [1.165, 1.54) is 23.6 Å². The molecular formula is C19H23N3O4S. The van der Waals surface area contributed by atoms with E-state index in [2.05, 4.69) is 9.97 Å². The van der Waals surface area contributed by atoms with E-state index in [9.17, 15) is 14.4 Å². The smallest absolute Gasteiger partial charge is 0.329 e. The van der Waals surface area contributed by atoms with Gasteiger partial charge in [-0.25, -0.2) is 4.79 Å². The number of thiophene rings is 1. The highest BCUT2D eigenvalue weighted by molar-refractivity contribution is 7.18. The van der Waals surface area contributed by atoms with Crippen LogP contribution in [0, 0.1) is 12.8 Å². The van der Waals surface area contributed by atoms with Crippen LogP contribution in [-0.2, 0) is 13.0 Å². The van der Waals surface area contributed by atoms with Gasteiger partial charge in [0.2, 0.25) is 5.43 Å². The summed E-state index contributed by atoms with van der Waals surface area (Å²) in [5.41, 5.74) is 0.314. The Balaban J connectivity index is 2.00. The Kier molecular flexibility index (Phi) is 5.36. The van der Waals surface area contributed by atoms with E-state index in [0.29, 0.717) is 34.9 Å². The molecule has 8 heteroatoms. The summed E-state index contributed by atoms with van der Waals surface area (Å²) in [7, 11) is 0. The number of aromatic nitrogens is 3. The molecule has 3 heterocycles. The number of ether oxygens (including phenoxy) is 1. The van der Waals surface area contributed by atoms with Gasteiger partial charge in [-0.1, -0.05) is 20.8 Å². The van der Waals surface area contributed by atoms with Gasteiger partial charge < -0.3 is 9.72 Å². The molecule has 3 aromatic rings. The summed E-state index contributed by atoms with van der Waals surface area (Å²) >= 11 is 1.42. The second-order valence-corrected chi connectivity index (χ2v) is 8.13. The summed E-state index contributed by atoms with van der Waals surface area (Å²) in [6.45, 7) is 8.34. The number of rotatable bonds is 6. The predicted molar refractivity (Wildman–Crippen MR) is 107 cm³/mol. The molecule has 0 aliphatic carbocycles. The summed E-state index contributed by atoms with van der Waals surface area (Å²) < 4.78 is 6.58. The fourth-order valence-electron chi connectivity index (χ4n) is 2.99. The average Bonchev–Trinajstić information content (AvgIpc) is 2.92. The Bertz CT molecular complexity index is 1150. The minimum Gasteiger partial charge on any atom is -0.488 e. The number of H-pyrrole nitrogens is 2. The Morgan fingerprint density at radius 2 is 2.00 bits per heavy atom. The van der Waals surface area contributed by atoms with Crippen molar-refractivity contribution >= 4 is 21.6 Å². The van der Waals surface area contributed by atoms with Crippen molar-refractivity contribution in [3.8, 4) is 5.75 Å². The van der Waals surface area contributed by atoms with Gasteiger partial charge in [0, 0.05) is 22.8 Å². The number of hydrogen-bond donors (Lipinski definition) is 2. The summed E-state index contributed by atoms with van der Waals surface area (Å²) in [5, 5.41) is 0.554. The van der Waals surface area contributed by atoms with E-state index in [-0.39, 0.29) is 23.3 Å². The number of aryl methyl sites for hydroxylation is 2. The van der Waals surface area contributed by atoms with Crippen LogP contribution in [0.3, 0.4) is 0 Å². The molecule has 3 rings (SSSR count). The standard InChI is InChI=1S/C19H23N3O4S/c1-5-13-11(4)27-17-16(13)18(24)22(19(25)21-17)8-12-6-14(23)15(7-20-12)26-9-10(2)3/h6-7,10H,5,8-9H2,1-4H3,(H,20,23)(H,21,25). The van der Waals surface area contributed by atoms with Gasteiger partial charge in [-0.05, 0) is 24.8 Å². The van der Waals surface area contributed by atoms with Crippen LogP contribution in [0.25, 0.3) is 10.2 Å². The van der Waals surface area contributed by atoms with Crippen LogP contribution in [0.2, 0.25) is 0 Å². The van der Waals surface area contributed by atoms with E-state index in [0.717, 1.165) is 15.0 Å². The minimum atomic E-state index is -0.489. The molecule has 0 fully saturated rings. The lowest BCUT2D eigenvalue weighted by Gasteiger charge is -2.09. The fraction of sp³-hybridized carbons (Fsp3) is 0.421. The van der Waals surface area contributed by atoms with Gasteiger partial charge in [0.1, 0.15) is 4.83 Å². The van der Waals surface area contributed by atoms with Crippen molar-refractivity contribution < 1.29 is 4.74 Å².